The Bertz CT molecular complexity index is 1160. The van der Waals surface area contributed by atoms with Crippen LogP contribution in [0.25, 0.3) is 22.3 Å². The lowest BCUT2D eigenvalue weighted by atomic mass is 9.83. The fourth-order valence-corrected chi connectivity index (χ4v) is 4.55. The summed E-state index contributed by atoms with van der Waals surface area (Å²) in [6, 6.07) is 14.9. The van der Waals surface area contributed by atoms with Crippen molar-refractivity contribution >= 4 is 5.78 Å². The lowest BCUT2D eigenvalue weighted by Crippen LogP contribution is -2.19. The average Bonchev–Trinajstić information content (AvgIpc) is 2.85. The Kier molecular flexibility index (Phi) is 7.30. The molecule has 4 rings (SSSR count). The topological polar surface area (TPSA) is 46.5 Å². The minimum Gasteiger partial charge on any atom is -0.507 e. The summed E-state index contributed by atoms with van der Waals surface area (Å²) in [4.78, 5) is 11.9. The van der Waals surface area contributed by atoms with E-state index in [9.17, 15) is 18.7 Å². The van der Waals surface area contributed by atoms with Crippen LogP contribution in [0.3, 0.4) is 0 Å². The zero-order valence-corrected chi connectivity index (χ0v) is 19.6. The highest BCUT2D eigenvalue weighted by atomic mass is 19.2. The van der Waals surface area contributed by atoms with Gasteiger partial charge in [-0.25, -0.2) is 4.39 Å². The number of ether oxygens (including phenoxy) is 1. The van der Waals surface area contributed by atoms with Crippen LogP contribution in [0.5, 0.6) is 11.5 Å². The van der Waals surface area contributed by atoms with Crippen LogP contribution in [-0.4, -0.2) is 17.5 Å². The molecule has 1 saturated carbocycles. The zero-order chi connectivity index (χ0) is 24.2. The molecule has 1 fully saturated rings. The smallest absolute Gasteiger partial charge is 0.201 e. The van der Waals surface area contributed by atoms with E-state index in [4.69, 9.17) is 4.74 Å². The highest BCUT2D eigenvalue weighted by molar-refractivity contribution is 5.99. The Labute approximate surface area is 199 Å². The number of aromatic hydroxyl groups is 1. The molecule has 0 spiro atoms. The molecule has 0 aromatic heterocycles. The van der Waals surface area contributed by atoms with Gasteiger partial charge in [-0.2, -0.15) is 4.39 Å². The van der Waals surface area contributed by atoms with Crippen molar-refractivity contribution < 1.29 is 23.4 Å². The highest BCUT2D eigenvalue weighted by Gasteiger charge is 2.21. The number of benzene rings is 3. The molecule has 178 valence electrons. The third-order valence-electron chi connectivity index (χ3n) is 6.81. The van der Waals surface area contributed by atoms with Gasteiger partial charge in [-0.05, 0) is 65.6 Å². The molecule has 1 aliphatic rings. The molecule has 3 aromatic rings. The molecule has 0 amide bonds. The molecular weight excluding hydrogens is 434 g/mol. The monoisotopic (exact) mass is 464 g/mol. The van der Waals surface area contributed by atoms with E-state index in [1.807, 2.05) is 0 Å². The number of carbonyl (C=O) groups excluding carboxylic acids is 1. The Morgan fingerprint density at radius 3 is 2.21 bits per heavy atom. The molecule has 0 saturated heterocycles. The third kappa shape index (κ3) is 5.14. The maximum Gasteiger partial charge on any atom is 0.201 e. The lowest BCUT2D eigenvalue weighted by molar-refractivity contribution is 0.0985. The van der Waals surface area contributed by atoms with Crippen molar-refractivity contribution in [1.29, 1.82) is 0 Å². The second kappa shape index (κ2) is 10.4. The number of phenolic OH excluding ortho intramolecular Hbond substituents is 1. The van der Waals surface area contributed by atoms with E-state index >= 15 is 0 Å². The van der Waals surface area contributed by atoms with Crippen LogP contribution in [0.15, 0.2) is 54.6 Å². The molecule has 0 aliphatic heterocycles. The van der Waals surface area contributed by atoms with E-state index in [2.05, 4.69) is 6.92 Å². The van der Waals surface area contributed by atoms with Gasteiger partial charge in [0, 0.05) is 12.0 Å². The first-order valence-electron chi connectivity index (χ1n) is 11.9. The average molecular weight is 465 g/mol. The maximum absolute atomic E-state index is 14.9. The molecule has 0 bridgehead atoms. The second-order valence-corrected chi connectivity index (χ2v) is 9.26. The number of ketones is 1. The largest absolute Gasteiger partial charge is 0.507 e. The SMILES string of the molecule is CCC(=O)c1ccc(-c2ccc(-c3ccc(OCC4CCC(C)CC4)c(F)c3F)cc2)cc1O. The number of Topliss-reactive ketones (excluding diaryl/α,β-unsaturated/α-hetero) is 1. The van der Waals surface area contributed by atoms with Crippen LogP contribution in [0.2, 0.25) is 0 Å². The van der Waals surface area contributed by atoms with Gasteiger partial charge >= 0.3 is 0 Å². The molecule has 0 unspecified atom stereocenters. The Balaban J connectivity index is 1.49. The Morgan fingerprint density at radius 1 is 0.912 bits per heavy atom. The Hall–Kier alpha value is -3.21. The zero-order valence-electron chi connectivity index (χ0n) is 19.6. The van der Waals surface area contributed by atoms with Crippen molar-refractivity contribution in [1.82, 2.24) is 0 Å². The summed E-state index contributed by atoms with van der Waals surface area (Å²) in [6.07, 6.45) is 4.74. The predicted molar refractivity (Wildman–Crippen MR) is 130 cm³/mol. The molecule has 34 heavy (non-hydrogen) atoms. The molecule has 0 atom stereocenters. The summed E-state index contributed by atoms with van der Waals surface area (Å²) in [7, 11) is 0. The number of rotatable bonds is 7. The minimum absolute atomic E-state index is 0.0475. The second-order valence-electron chi connectivity index (χ2n) is 9.26. The van der Waals surface area contributed by atoms with Crippen LogP contribution in [0.1, 0.15) is 56.3 Å². The standard InChI is InChI=1S/C29H30F2O3/c1-3-25(32)24-13-12-22(16-26(24)33)20-8-10-21(11-9-20)23-14-15-27(29(31)28(23)30)34-17-19-6-4-18(2)5-7-19/h8-16,18-19,33H,3-7,17H2,1-2H3. The molecule has 1 N–H and O–H groups in total. The van der Waals surface area contributed by atoms with Gasteiger partial charge in [0.1, 0.15) is 5.75 Å². The normalized spacial score (nSPS) is 18.0. The minimum atomic E-state index is -0.966. The van der Waals surface area contributed by atoms with Crippen molar-refractivity contribution in [2.24, 2.45) is 11.8 Å². The Morgan fingerprint density at radius 2 is 1.56 bits per heavy atom. The van der Waals surface area contributed by atoms with Crippen molar-refractivity contribution in [2.75, 3.05) is 6.61 Å². The number of hydrogen-bond donors (Lipinski definition) is 1. The molecule has 5 heteroatoms. The summed E-state index contributed by atoms with van der Waals surface area (Å²) in [5, 5.41) is 10.2. The van der Waals surface area contributed by atoms with Gasteiger partial charge in [-0.3, -0.25) is 4.79 Å². The molecule has 0 radical (unpaired) electrons. The van der Waals surface area contributed by atoms with Gasteiger partial charge in [-0.1, -0.05) is 57.0 Å². The van der Waals surface area contributed by atoms with E-state index in [-0.39, 0.29) is 22.8 Å². The van der Waals surface area contributed by atoms with Crippen molar-refractivity contribution in [3.63, 3.8) is 0 Å². The number of carbonyl (C=O) groups is 1. The lowest BCUT2D eigenvalue weighted by Gasteiger charge is -2.26. The van der Waals surface area contributed by atoms with Gasteiger partial charge in [0.25, 0.3) is 0 Å². The predicted octanol–water partition coefficient (Wildman–Crippen LogP) is 7.80. The van der Waals surface area contributed by atoms with Crippen LogP contribution in [-0.2, 0) is 0 Å². The van der Waals surface area contributed by atoms with E-state index < -0.39 is 11.6 Å². The summed E-state index contributed by atoms with van der Waals surface area (Å²) in [6.45, 7) is 4.39. The van der Waals surface area contributed by atoms with Crippen LogP contribution in [0.4, 0.5) is 8.78 Å². The van der Waals surface area contributed by atoms with Gasteiger partial charge in [0.2, 0.25) is 5.82 Å². The summed E-state index contributed by atoms with van der Waals surface area (Å²) >= 11 is 0. The van der Waals surface area contributed by atoms with Crippen LogP contribution in [0, 0.1) is 23.5 Å². The first-order valence-corrected chi connectivity index (χ1v) is 11.9. The first-order chi connectivity index (χ1) is 16.4. The van der Waals surface area contributed by atoms with Crippen LogP contribution >= 0.6 is 0 Å². The highest BCUT2D eigenvalue weighted by Crippen LogP contribution is 2.34. The molecule has 1 aliphatic carbocycles. The molecule has 3 nitrogen and oxygen atoms in total. The van der Waals surface area contributed by atoms with Gasteiger partial charge in [-0.15, -0.1) is 0 Å². The van der Waals surface area contributed by atoms with E-state index in [0.717, 1.165) is 42.7 Å². The van der Waals surface area contributed by atoms with E-state index in [1.54, 1.807) is 49.4 Å². The molecule has 0 heterocycles. The van der Waals surface area contributed by atoms with E-state index in [0.29, 0.717) is 30.1 Å². The maximum atomic E-state index is 14.9. The first kappa shape index (κ1) is 23.9. The number of halogens is 2. The van der Waals surface area contributed by atoms with E-state index in [1.165, 1.54) is 12.1 Å². The molecule has 3 aromatic carbocycles. The number of hydrogen-bond acceptors (Lipinski definition) is 3. The van der Waals surface area contributed by atoms with Crippen molar-refractivity contribution in [3.05, 3.63) is 71.8 Å². The van der Waals surface area contributed by atoms with Gasteiger partial charge < -0.3 is 9.84 Å². The summed E-state index contributed by atoms with van der Waals surface area (Å²) < 4.78 is 35.2. The summed E-state index contributed by atoms with van der Waals surface area (Å²) in [5.74, 6) is -1.02. The van der Waals surface area contributed by atoms with Gasteiger partial charge in [0.05, 0.1) is 12.2 Å². The van der Waals surface area contributed by atoms with Crippen LogP contribution < -0.4 is 4.74 Å². The van der Waals surface area contributed by atoms with Gasteiger partial charge in [0.15, 0.2) is 17.3 Å². The van der Waals surface area contributed by atoms with Crippen molar-refractivity contribution in [3.8, 4) is 33.8 Å². The third-order valence-corrected chi connectivity index (χ3v) is 6.81. The summed E-state index contributed by atoms with van der Waals surface area (Å²) in [5.41, 5.74) is 2.51. The number of phenols is 1. The molecular formula is C29H30F2O3. The quantitative estimate of drug-likeness (QED) is 0.363. The fraction of sp³-hybridized carbons (Fsp3) is 0.345. The van der Waals surface area contributed by atoms with Crippen molar-refractivity contribution in [2.45, 2.75) is 46.0 Å². The fourth-order valence-electron chi connectivity index (χ4n) is 4.55.